The van der Waals surface area contributed by atoms with Gasteiger partial charge in [-0.15, -0.1) is 12.4 Å². The van der Waals surface area contributed by atoms with Crippen molar-refractivity contribution < 1.29 is 14.7 Å². The molecule has 0 radical (unpaired) electrons. The highest BCUT2D eigenvalue weighted by molar-refractivity contribution is 5.89. The number of rotatable bonds is 5. The number of hydrogen-bond acceptors (Lipinski definition) is 3. The SMILES string of the molecule is Cc1cc(C(=O)O)ccc1N1CCC(=CC(=O)NC[C@@H]2CC[C@H]3C[C@@H]2C3(C)C)CC1.Cl. The monoisotopic (exact) mass is 446 g/mol. The van der Waals surface area contributed by atoms with Crippen LogP contribution in [0.3, 0.4) is 0 Å². The van der Waals surface area contributed by atoms with Gasteiger partial charge in [0.15, 0.2) is 0 Å². The predicted octanol–water partition coefficient (Wildman–Crippen LogP) is 4.83. The number of aryl methyl sites for hydroxylation is 1. The minimum absolute atomic E-state index is 0. The summed E-state index contributed by atoms with van der Waals surface area (Å²) >= 11 is 0. The average Bonchev–Trinajstić information content (AvgIpc) is 2.73. The number of carbonyl (C=O) groups is 2. The number of halogens is 1. The van der Waals surface area contributed by atoms with Crippen molar-refractivity contribution in [1.29, 1.82) is 0 Å². The normalized spacial score (nSPS) is 26.4. The lowest BCUT2D eigenvalue weighted by atomic mass is 9.45. The summed E-state index contributed by atoms with van der Waals surface area (Å²) < 4.78 is 0. The molecular weight excluding hydrogens is 412 g/mol. The number of aromatic carboxylic acids is 1. The molecule has 1 amide bonds. The minimum Gasteiger partial charge on any atom is -0.478 e. The summed E-state index contributed by atoms with van der Waals surface area (Å²) in [5.74, 6) is 1.45. The van der Waals surface area contributed by atoms with E-state index < -0.39 is 5.97 Å². The molecule has 1 aromatic rings. The molecule has 3 saturated carbocycles. The number of nitrogens with zero attached hydrogens (tertiary/aromatic N) is 1. The van der Waals surface area contributed by atoms with Crippen molar-refractivity contribution >= 4 is 30.0 Å². The van der Waals surface area contributed by atoms with Gasteiger partial charge < -0.3 is 15.3 Å². The van der Waals surface area contributed by atoms with E-state index in [9.17, 15) is 9.59 Å². The molecule has 31 heavy (non-hydrogen) atoms. The molecule has 1 heterocycles. The second-order valence-corrected chi connectivity index (χ2v) is 10.0. The van der Waals surface area contributed by atoms with Gasteiger partial charge >= 0.3 is 5.97 Å². The highest BCUT2D eigenvalue weighted by atomic mass is 35.5. The lowest BCUT2D eigenvalue weighted by molar-refractivity contribution is -0.120. The minimum atomic E-state index is -0.895. The highest BCUT2D eigenvalue weighted by Gasteiger charge is 2.53. The molecule has 5 nitrogen and oxygen atoms in total. The van der Waals surface area contributed by atoms with Crippen LogP contribution in [-0.2, 0) is 4.79 Å². The molecule has 2 bridgehead atoms. The standard InChI is InChI=1S/C25H34N2O3.ClH/c1-16-12-18(24(29)30)5-7-22(16)27-10-8-17(9-11-27)13-23(28)26-15-19-4-6-20-14-21(19)25(20,2)3;/h5,7,12-13,19-21H,4,6,8-11,14-15H2,1-3H3,(H,26,28)(H,29,30);1H/t19-,20-,21-;/m0./s1. The Kier molecular flexibility index (Phi) is 7.04. The fraction of sp³-hybridized carbons (Fsp3) is 0.600. The Labute approximate surface area is 191 Å². The lowest BCUT2D eigenvalue weighted by Gasteiger charge is -2.60. The first-order valence-electron chi connectivity index (χ1n) is 11.3. The van der Waals surface area contributed by atoms with Gasteiger partial charge in [-0.1, -0.05) is 19.4 Å². The Hall–Kier alpha value is -2.01. The van der Waals surface area contributed by atoms with E-state index in [2.05, 4.69) is 24.1 Å². The molecule has 4 aliphatic rings. The van der Waals surface area contributed by atoms with E-state index in [1.807, 2.05) is 19.1 Å². The van der Waals surface area contributed by atoms with Gasteiger partial charge in [-0.3, -0.25) is 4.79 Å². The third-order valence-corrected chi connectivity index (χ3v) is 8.07. The Morgan fingerprint density at radius 3 is 2.52 bits per heavy atom. The van der Waals surface area contributed by atoms with E-state index in [1.54, 1.807) is 12.1 Å². The van der Waals surface area contributed by atoms with E-state index in [0.29, 0.717) is 16.9 Å². The number of benzene rings is 1. The van der Waals surface area contributed by atoms with E-state index in [0.717, 1.165) is 55.6 Å². The molecule has 0 aromatic heterocycles. The summed E-state index contributed by atoms with van der Waals surface area (Å²) in [5, 5.41) is 12.3. The van der Waals surface area contributed by atoms with E-state index in [1.165, 1.54) is 24.8 Å². The topological polar surface area (TPSA) is 69.6 Å². The number of piperidine rings is 1. The van der Waals surface area contributed by atoms with Crippen molar-refractivity contribution in [2.24, 2.45) is 23.2 Å². The largest absolute Gasteiger partial charge is 0.478 e. The fourth-order valence-electron chi connectivity index (χ4n) is 6.00. The first-order chi connectivity index (χ1) is 14.3. The van der Waals surface area contributed by atoms with Crippen LogP contribution in [0.25, 0.3) is 0 Å². The smallest absolute Gasteiger partial charge is 0.335 e. The molecule has 5 rings (SSSR count). The predicted molar refractivity (Wildman–Crippen MR) is 126 cm³/mol. The molecule has 3 aliphatic carbocycles. The summed E-state index contributed by atoms with van der Waals surface area (Å²) in [6.07, 6.45) is 7.47. The van der Waals surface area contributed by atoms with Gasteiger partial charge in [-0.2, -0.15) is 0 Å². The van der Waals surface area contributed by atoms with Gasteiger partial charge in [0.2, 0.25) is 5.91 Å². The third kappa shape index (κ3) is 4.77. The number of anilines is 1. The first kappa shape index (κ1) is 23.6. The lowest BCUT2D eigenvalue weighted by Crippen LogP contribution is -2.54. The van der Waals surface area contributed by atoms with Gasteiger partial charge in [-0.05, 0) is 86.0 Å². The van der Waals surface area contributed by atoms with Crippen LogP contribution in [0.5, 0.6) is 0 Å². The average molecular weight is 447 g/mol. The Morgan fingerprint density at radius 1 is 1.23 bits per heavy atom. The molecular formula is C25H35ClN2O3. The summed E-state index contributed by atoms with van der Waals surface area (Å²) in [5.41, 5.74) is 4.05. The van der Waals surface area contributed by atoms with Crippen molar-refractivity contribution in [3.05, 3.63) is 41.0 Å². The van der Waals surface area contributed by atoms with Crippen molar-refractivity contribution in [3.8, 4) is 0 Å². The number of amides is 1. The third-order valence-electron chi connectivity index (χ3n) is 8.07. The van der Waals surface area contributed by atoms with Crippen LogP contribution in [0.1, 0.15) is 61.9 Å². The highest BCUT2D eigenvalue weighted by Crippen LogP contribution is 2.61. The zero-order chi connectivity index (χ0) is 21.5. The molecule has 1 aliphatic heterocycles. The molecule has 1 aromatic carbocycles. The van der Waals surface area contributed by atoms with Gasteiger partial charge in [0, 0.05) is 31.4 Å². The second kappa shape index (κ2) is 9.23. The molecule has 0 spiro atoms. The quantitative estimate of drug-likeness (QED) is 0.635. The summed E-state index contributed by atoms with van der Waals surface area (Å²) in [4.78, 5) is 25.9. The van der Waals surface area contributed by atoms with Crippen LogP contribution in [0.2, 0.25) is 0 Å². The van der Waals surface area contributed by atoms with Crippen LogP contribution in [0.4, 0.5) is 5.69 Å². The molecule has 1 saturated heterocycles. The van der Waals surface area contributed by atoms with Crippen LogP contribution in [0, 0.1) is 30.1 Å². The van der Waals surface area contributed by atoms with Crippen molar-refractivity contribution in [3.63, 3.8) is 0 Å². The summed E-state index contributed by atoms with van der Waals surface area (Å²) in [6, 6.07) is 5.30. The van der Waals surface area contributed by atoms with Gasteiger partial charge in [0.1, 0.15) is 0 Å². The first-order valence-corrected chi connectivity index (χ1v) is 11.3. The van der Waals surface area contributed by atoms with Gasteiger partial charge in [0.25, 0.3) is 0 Å². The van der Waals surface area contributed by atoms with Crippen LogP contribution in [0.15, 0.2) is 29.8 Å². The van der Waals surface area contributed by atoms with E-state index in [4.69, 9.17) is 5.11 Å². The zero-order valence-electron chi connectivity index (χ0n) is 18.8. The molecule has 3 atom stereocenters. The number of hydrogen-bond donors (Lipinski definition) is 2. The maximum absolute atomic E-state index is 12.5. The number of carbonyl (C=O) groups excluding carboxylic acids is 1. The van der Waals surface area contributed by atoms with Crippen molar-refractivity contribution in [2.75, 3.05) is 24.5 Å². The number of carboxylic acids is 1. The number of nitrogens with one attached hydrogen (secondary N) is 1. The van der Waals surface area contributed by atoms with Crippen molar-refractivity contribution in [1.82, 2.24) is 5.32 Å². The fourth-order valence-corrected chi connectivity index (χ4v) is 6.00. The summed E-state index contributed by atoms with van der Waals surface area (Å²) in [7, 11) is 0. The zero-order valence-corrected chi connectivity index (χ0v) is 19.6. The Morgan fingerprint density at radius 2 is 1.94 bits per heavy atom. The maximum atomic E-state index is 12.5. The van der Waals surface area contributed by atoms with Crippen LogP contribution >= 0.6 is 12.4 Å². The number of carboxylic acid groups (broad SMARTS) is 1. The Balaban J connectivity index is 0.00000272. The second-order valence-electron chi connectivity index (χ2n) is 10.0. The molecule has 170 valence electrons. The van der Waals surface area contributed by atoms with Gasteiger partial charge in [0.05, 0.1) is 5.56 Å². The maximum Gasteiger partial charge on any atom is 0.335 e. The van der Waals surface area contributed by atoms with E-state index >= 15 is 0 Å². The van der Waals surface area contributed by atoms with Crippen LogP contribution < -0.4 is 10.2 Å². The number of fused-ring (bicyclic) bond motifs is 2. The van der Waals surface area contributed by atoms with Gasteiger partial charge in [-0.25, -0.2) is 4.79 Å². The molecule has 6 heteroatoms. The van der Waals surface area contributed by atoms with E-state index in [-0.39, 0.29) is 18.3 Å². The van der Waals surface area contributed by atoms with Crippen molar-refractivity contribution in [2.45, 2.75) is 52.9 Å². The molecule has 4 fully saturated rings. The molecule has 2 N–H and O–H groups in total. The van der Waals surface area contributed by atoms with Crippen LogP contribution in [-0.4, -0.2) is 36.6 Å². The summed E-state index contributed by atoms with van der Waals surface area (Å²) in [6.45, 7) is 9.26. The Bertz CT molecular complexity index is 868. The molecule has 0 unspecified atom stereocenters.